The quantitative estimate of drug-likeness (QED) is 0.564. The number of hydrogen-bond donors (Lipinski definition) is 1. The van der Waals surface area contributed by atoms with Gasteiger partial charge in [0.15, 0.2) is 11.5 Å². The van der Waals surface area contributed by atoms with Crippen LogP contribution in [-0.2, 0) is 7.05 Å². The van der Waals surface area contributed by atoms with E-state index in [1.165, 1.54) is 4.52 Å². The van der Waals surface area contributed by atoms with E-state index in [4.69, 9.17) is 0 Å². The van der Waals surface area contributed by atoms with Gasteiger partial charge < -0.3 is 4.98 Å². The Morgan fingerprint density at radius 1 is 1.32 bits per heavy atom. The summed E-state index contributed by atoms with van der Waals surface area (Å²) < 4.78 is 3.85. The molecule has 0 radical (unpaired) electrons. The molecule has 110 valence electrons. The first-order valence-electron chi connectivity index (χ1n) is 6.62. The number of benzene rings is 1. The fourth-order valence-electron chi connectivity index (χ4n) is 2.46. The van der Waals surface area contributed by atoms with E-state index in [2.05, 4.69) is 36.1 Å². The number of rotatable bonds is 1. The van der Waals surface area contributed by atoms with Crippen LogP contribution in [0.2, 0.25) is 0 Å². The minimum Gasteiger partial charge on any atom is -0.304 e. The SMILES string of the molecule is Cc1c(-c2nc3c4cccc(Br)c4[nH]c(=O)n3n2)cnn1C. The van der Waals surface area contributed by atoms with E-state index < -0.39 is 0 Å². The summed E-state index contributed by atoms with van der Waals surface area (Å²) in [6.07, 6.45) is 1.70. The molecule has 4 aromatic rings. The van der Waals surface area contributed by atoms with Crippen molar-refractivity contribution in [2.24, 2.45) is 7.05 Å². The van der Waals surface area contributed by atoms with E-state index in [9.17, 15) is 4.79 Å². The Labute approximate surface area is 132 Å². The lowest BCUT2D eigenvalue weighted by molar-refractivity contribution is 0.740. The highest BCUT2D eigenvalue weighted by molar-refractivity contribution is 9.10. The number of halogens is 1. The summed E-state index contributed by atoms with van der Waals surface area (Å²) in [5.74, 6) is 0.489. The van der Waals surface area contributed by atoms with Crippen LogP contribution in [0, 0.1) is 6.92 Å². The van der Waals surface area contributed by atoms with Crippen molar-refractivity contribution in [2.75, 3.05) is 0 Å². The molecule has 22 heavy (non-hydrogen) atoms. The molecule has 0 atom stereocenters. The lowest BCUT2D eigenvalue weighted by Crippen LogP contribution is -2.17. The molecule has 0 spiro atoms. The zero-order valence-electron chi connectivity index (χ0n) is 11.8. The van der Waals surface area contributed by atoms with Crippen LogP contribution in [0.4, 0.5) is 0 Å². The Hall–Kier alpha value is -2.48. The number of para-hydroxylation sites is 1. The monoisotopic (exact) mass is 358 g/mol. The number of fused-ring (bicyclic) bond motifs is 3. The molecule has 0 saturated heterocycles. The molecular weight excluding hydrogens is 348 g/mol. The Balaban J connectivity index is 2.12. The fourth-order valence-corrected chi connectivity index (χ4v) is 2.92. The number of nitrogens with zero attached hydrogens (tertiary/aromatic N) is 5. The smallest absolute Gasteiger partial charge is 0.304 e. The third kappa shape index (κ3) is 1.73. The molecule has 1 aromatic carbocycles. The van der Waals surface area contributed by atoms with Gasteiger partial charge in [-0.15, -0.1) is 5.10 Å². The van der Waals surface area contributed by atoms with Crippen LogP contribution in [0.5, 0.6) is 0 Å². The van der Waals surface area contributed by atoms with Gasteiger partial charge in [-0.25, -0.2) is 9.78 Å². The Morgan fingerprint density at radius 2 is 2.14 bits per heavy atom. The molecule has 0 bridgehead atoms. The number of aryl methyl sites for hydroxylation is 1. The second-order valence-corrected chi connectivity index (χ2v) is 5.88. The predicted octanol–water partition coefficient (Wildman–Crippen LogP) is 2.04. The molecular formula is C14H11BrN6O. The van der Waals surface area contributed by atoms with Gasteiger partial charge in [0, 0.05) is 22.6 Å². The molecule has 0 aliphatic rings. The number of aromatic nitrogens is 6. The summed E-state index contributed by atoms with van der Waals surface area (Å²) in [4.78, 5) is 19.6. The van der Waals surface area contributed by atoms with Gasteiger partial charge in [-0.3, -0.25) is 4.68 Å². The molecule has 0 amide bonds. The minimum absolute atomic E-state index is 0.324. The molecule has 3 heterocycles. The predicted molar refractivity (Wildman–Crippen MR) is 85.8 cm³/mol. The summed E-state index contributed by atoms with van der Waals surface area (Å²) in [5, 5.41) is 9.35. The van der Waals surface area contributed by atoms with Gasteiger partial charge in [-0.05, 0) is 35.0 Å². The average Bonchev–Trinajstić information content (AvgIpc) is 3.06. The standard InChI is InChI=1S/C14H11BrN6O/c1-7-9(6-16-20(7)2)12-18-13-8-4-3-5-10(15)11(8)17-14(22)21(13)19-12/h3-6H,1-2H3,(H,17,22). The van der Waals surface area contributed by atoms with Crippen molar-refractivity contribution in [3.8, 4) is 11.4 Å². The van der Waals surface area contributed by atoms with Crippen LogP contribution in [0.3, 0.4) is 0 Å². The largest absolute Gasteiger partial charge is 0.348 e. The van der Waals surface area contributed by atoms with Crippen molar-refractivity contribution >= 4 is 32.5 Å². The highest BCUT2D eigenvalue weighted by atomic mass is 79.9. The van der Waals surface area contributed by atoms with Crippen LogP contribution >= 0.6 is 15.9 Å². The topological polar surface area (TPSA) is 80.9 Å². The second kappa shape index (κ2) is 4.51. The zero-order chi connectivity index (χ0) is 15.4. The third-order valence-corrected chi connectivity index (χ3v) is 4.42. The maximum atomic E-state index is 12.2. The Kier molecular flexibility index (Phi) is 2.70. The summed E-state index contributed by atoms with van der Waals surface area (Å²) in [5.41, 5.74) is 2.67. The summed E-state index contributed by atoms with van der Waals surface area (Å²) in [6, 6.07) is 5.67. The first-order chi connectivity index (χ1) is 10.6. The van der Waals surface area contributed by atoms with Crippen molar-refractivity contribution in [3.63, 3.8) is 0 Å². The van der Waals surface area contributed by atoms with E-state index in [0.29, 0.717) is 17.0 Å². The molecule has 1 N–H and O–H groups in total. The summed E-state index contributed by atoms with van der Waals surface area (Å²) >= 11 is 3.44. The molecule has 7 nitrogen and oxygen atoms in total. The number of nitrogens with one attached hydrogen (secondary N) is 1. The third-order valence-electron chi connectivity index (χ3n) is 3.76. The van der Waals surface area contributed by atoms with E-state index in [1.807, 2.05) is 32.2 Å². The maximum Gasteiger partial charge on any atom is 0.348 e. The van der Waals surface area contributed by atoms with Gasteiger partial charge >= 0.3 is 5.69 Å². The molecule has 0 fully saturated rings. The highest BCUT2D eigenvalue weighted by Crippen LogP contribution is 2.25. The Bertz CT molecular complexity index is 1090. The molecule has 3 aromatic heterocycles. The molecule has 4 rings (SSSR count). The second-order valence-electron chi connectivity index (χ2n) is 5.03. The first kappa shape index (κ1) is 13.2. The minimum atomic E-state index is -0.324. The first-order valence-corrected chi connectivity index (χ1v) is 7.42. The molecule has 0 saturated carbocycles. The van der Waals surface area contributed by atoms with Crippen molar-refractivity contribution in [2.45, 2.75) is 6.92 Å². The van der Waals surface area contributed by atoms with Gasteiger partial charge in [0.25, 0.3) is 0 Å². The molecule has 8 heteroatoms. The van der Waals surface area contributed by atoms with Gasteiger partial charge in [-0.1, -0.05) is 6.07 Å². The zero-order valence-corrected chi connectivity index (χ0v) is 13.4. The van der Waals surface area contributed by atoms with Crippen molar-refractivity contribution < 1.29 is 0 Å². The van der Waals surface area contributed by atoms with Gasteiger partial charge in [-0.2, -0.15) is 9.61 Å². The van der Waals surface area contributed by atoms with Crippen molar-refractivity contribution in [3.05, 3.63) is 45.0 Å². The van der Waals surface area contributed by atoms with E-state index in [1.54, 1.807) is 10.9 Å². The van der Waals surface area contributed by atoms with E-state index >= 15 is 0 Å². The normalized spacial score (nSPS) is 11.6. The van der Waals surface area contributed by atoms with E-state index in [0.717, 1.165) is 21.1 Å². The average molecular weight is 359 g/mol. The number of H-pyrrole nitrogens is 1. The molecule has 0 aliphatic heterocycles. The van der Waals surface area contributed by atoms with Gasteiger partial charge in [0.1, 0.15) is 0 Å². The Morgan fingerprint density at radius 3 is 2.86 bits per heavy atom. The summed E-state index contributed by atoms with van der Waals surface area (Å²) in [7, 11) is 1.86. The van der Waals surface area contributed by atoms with Crippen molar-refractivity contribution in [1.29, 1.82) is 0 Å². The fraction of sp³-hybridized carbons (Fsp3) is 0.143. The summed E-state index contributed by atoms with van der Waals surface area (Å²) in [6.45, 7) is 1.94. The van der Waals surface area contributed by atoms with Gasteiger partial charge in [0.2, 0.25) is 0 Å². The van der Waals surface area contributed by atoms with Crippen LogP contribution in [0.15, 0.2) is 33.7 Å². The van der Waals surface area contributed by atoms with Crippen molar-refractivity contribution in [1.82, 2.24) is 29.4 Å². The molecule has 0 aliphatic carbocycles. The van der Waals surface area contributed by atoms with E-state index in [-0.39, 0.29) is 5.69 Å². The molecule has 0 unspecified atom stereocenters. The maximum absolute atomic E-state index is 12.2. The highest BCUT2D eigenvalue weighted by Gasteiger charge is 2.16. The van der Waals surface area contributed by atoms with Crippen LogP contribution < -0.4 is 5.69 Å². The number of hydrogen-bond acceptors (Lipinski definition) is 4. The van der Waals surface area contributed by atoms with Crippen LogP contribution in [-0.4, -0.2) is 29.4 Å². The van der Waals surface area contributed by atoms with Crippen LogP contribution in [0.25, 0.3) is 27.9 Å². The lowest BCUT2D eigenvalue weighted by Gasteiger charge is -2.00. The number of aromatic amines is 1. The lowest BCUT2D eigenvalue weighted by atomic mass is 10.2. The van der Waals surface area contributed by atoms with Crippen LogP contribution in [0.1, 0.15) is 5.69 Å². The van der Waals surface area contributed by atoms with Gasteiger partial charge in [0.05, 0.1) is 17.3 Å².